The Balaban J connectivity index is 0.000000280. The van der Waals surface area contributed by atoms with Gasteiger partial charge in [0.1, 0.15) is 0 Å². The molecule has 0 fully saturated rings. The van der Waals surface area contributed by atoms with Crippen LogP contribution >= 0.6 is 15.9 Å². The summed E-state index contributed by atoms with van der Waals surface area (Å²) in [6, 6.07) is 20.8. The maximum atomic E-state index is 3.43. The molecule has 82 valence electrons. The SMILES string of the molecule is C=CCBr.c1ccc(-c2ccccc2)cc1. The Morgan fingerprint density at radius 1 is 0.812 bits per heavy atom. The van der Waals surface area contributed by atoms with Crippen LogP contribution < -0.4 is 0 Å². The van der Waals surface area contributed by atoms with Gasteiger partial charge in [-0.25, -0.2) is 0 Å². The van der Waals surface area contributed by atoms with Crippen LogP contribution in [0.2, 0.25) is 0 Å². The van der Waals surface area contributed by atoms with Gasteiger partial charge in [-0.3, -0.25) is 0 Å². The van der Waals surface area contributed by atoms with Crippen LogP contribution in [0.25, 0.3) is 11.1 Å². The van der Waals surface area contributed by atoms with Crippen molar-refractivity contribution >= 4 is 15.9 Å². The summed E-state index contributed by atoms with van der Waals surface area (Å²) < 4.78 is 0. The molecule has 0 N–H and O–H groups in total. The Morgan fingerprint density at radius 2 is 1.12 bits per heavy atom. The lowest BCUT2D eigenvalue weighted by Gasteiger charge is -1.98. The Labute approximate surface area is 106 Å². The lowest BCUT2D eigenvalue weighted by molar-refractivity contribution is 1.62. The minimum absolute atomic E-state index is 0.896. The molecule has 16 heavy (non-hydrogen) atoms. The molecule has 0 spiro atoms. The highest BCUT2D eigenvalue weighted by atomic mass is 79.9. The molecule has 0 aliphatic heterocycles. The predicted molar refractivity (Wildman–Crippen MR) is 75.9 cm³/mol. The first-order chi connectivity index (χ1) is 7.88. The maximum Gasteiger partial charge on any atom is 0.0209 e. The van der Waals surface area contributed by atoms with Gasteiger partial charge in [-0.2, -0.15) is 0 Å². The van der Waals surface area contributed by atoms with Crippen molar-refractivity contribution in [3.8, 4) is 11.1 Å². The molecule has 0 nitrogen and oxygen atoms in total. The quantitative estimate of drug-likeness (QED) is 0.539. The summed E-state index contributed by atoms with van der Waals surface area (Å²) in [5.41, 5.74) is 2.55. The van der Waals surface area contributed by atoms with Crippen LogP contribution in [0.1, 0.15) is 0 Å². The second kappa shape index (κ2) is 7.89. The number of hydrogen-bond acceptors (Lipinski definition) is 0. The minimum atomic E-state index is 0.896. The molecule has 0 aromatic heterocycles. The highest BCUT2D eigenvalue weighted by molar-refractivity contribution is 9.09. The van der Waals surface area contributed by atoms with Crippen molar-refractivity contribution in [2.24, 2.45) is 0 Å². The first-order valence-electron chi connectivity index (χ1n) is 5.16. The van der Waals surface area contributed by atoms with E-state index in [0.29, 0.717) is 0 Å². The second-order valence-corrected chi connectivity index (χ2v) is 3.82. The monoisotopic (exact) mass is 274 g/mol. The summed E-state index contributed by atoms with van der Waals surface area (Å²) >= 11 is 3.13. The number of allylic oxidation sites excluding steroid dienone is 1. The first kappa shape index (κ1) is 12.7. The number of halogens is 1. The van der Waals surface area contributed by atoms with E-state index in [0.717, 1.165) is 5.33 Å². The van der Waals surface area contributed by atoms with Gasteiger partial charge in [0, 0.05) is 5.33 Å². The molecule has 2 aromatic rings. The molecule has 0 atom stereocenters. The van der Waals surface area contributed by atoms with E-state index in [-0.39, 0.29) is 0 Å². The van der Waals surface area contributed by atoms with Gasteiger partial charge in [-0.15, -0.1) is 6.58 Å². The van der Waals surface area contributed by atoms with Crippen molar-refractivity contribution in [2.45, 2.75) is 0 Å². The molecule has 1 heteroatoms. The van der Waals surface area contributed by atoms with Crippen molar-refractivity contribution in [3.05, 3.63) is 73.3 Å². The van der Waals surface area contributed by atoms with E-state index < -0.39 is 0 Å². The smallest absolute Gasteiger partial charge is 0.0209 e. The molecule has 0 bridgehead atoms. The van der Waals surface area contributed by atoms with Gasteiger partial charge in [0.25, 0.3) is 0 Å². The topological polar surface area (TPSA) is 0 Å². The average molecular weight is 275 g/mol. The van der Waals surface area contributed by atoms with Crippen LogP contribution in [0.4, 0.5) is 0 Å². The molecule has 0 radical (unpaired) electrons. The molecule has 0 amide bonds. The van der Waals surface area contributed by atoms with Gasteiger partial charge in [-0.1, -0.05) is 82.7 Å². The number of alkyl halides is 1. The summed E-state index contributed by atoms with van der Waals surface area (Å²) in [4.78, 5) is 0. The van der Waals surface area contributed by atoms with E-state index in [2.05, 4.69) is 71.0 Å². The fourth-order valence-corrected chi connectivity index (χ4v) is 1.26. The number of benzene rings is 2. The predicted octanol–water partition coefficient (Wildman–Crippen LogP) is 4.92. The van der Waals surface area contributed by atoms with Gasteiger partial charge in [-0.05, 0) is 11.1 Å². The van der Waals surface area contributed by atoms with Crippen LogP contribution in [-0.4, -0.2) is 5.33 Å². The highest BCUT2D eigenvalue weighted by Gasteiger charge is 1.91. The van der Waals surface area contributed by atoms with Crippen LogP contribution in [0.15, 0.2) is 73.3 Å². The minimum Gasteiger partial charge on any atom is -0.102 e. The van der Waals surface area contributed by atoms with Gasteiger partial charge in [0.05, 0.1) is 0 Å². The zero-order valence-corrected chi connectivity index (χ0v) is 10.7. The fraction of sp³-hybridized carbons (Fsp3) is 0.0667. The standard InChI is InChI=1S/C12H10.C3H5Br/c1-3-7-11(8-4-1)12-9-5-2-6-10-12;1-2-3-4/h1-10H;2H,1,3H2. The van der Waals surface area contributed by atoms with E-state index in [1.807, 2.05) is 12.1 Å². The van der Waals surface area contributed by atoms with Crippen molar-refractivity contribution < 1.29 is 0 Å². The van der Waals surface area contributed by atoms with E-state index in [4.69, 9.17) is 0 Å². The molecule has 0 aliphatic rings. The zero-order valence-electron chi connectivity index (χ0n) is 9.14. The molecule has 2 rings (SSSR count). The maximum absolute atomic E-state index is 3.43. The molecule has 0 unspecified atom stereocenters. The van der Waals surface area contributed by atoms with E-state index in [9.17, 15) is 0 Å². The Kier molecular flexibility index (Phi) is 6.28. The Morgan fingerprint density at radius 3 is 1.38 bits per heavy atom. The summed E-state index contributed by atoms with van der Waals surface area (Å²) in [6.07, 6.45) is 1.79. The lowest BCUT2D eigenvalue weighted by atomic mass is 10.1. The number of rotatable bonds is 2. The van der Waals surface area contributed by atoms with Crippen molar-refractivity contribution in [1.82, 2.24) is 0 Å². The van der Waals surface area contributed by atoms with Crippen LogP contribution in [0.5, 0.6) is 0 Å². The van der Waals surface area contributed by atoms with Crippen molar-refractivity contribution in [1.29, 1.82) is 0 Å². The largest absolute Gasteiger partial charge is 0.102 e. The molecule has 0 aliphatic carbocycles. The van der Waals surface area contributed by atoms with E-state index >= 15 is 0 Å². The molecule has 0 heterocycles. The fourth-order valence-electron chi connectivity index (χ4n) is 1.26. The summed E-state index contributed by atoms with van der Waals surface area (Å²) in [5, 5.41) is 0.896. The van der Waals surface area contributed by atoms with Gasteiger partial charge < -0.3 is 0 Å². The van der Waals surface area contributed by atoms with Gasteiger partial charge in [0.2, 0.25) is 0 Å². The zero-order chi connectivity index (χ0) is 11.6. The Hall–Kier alpha value is -1.34. The normalized spacial score (nSPS) is 8.81. The third kappa shape index (κ3) is 4.45. The number of hydrogen-bond donors (Lipinski definition) is 0. The Bertz CT molecular complexity index is 355. The summed E-state index contributed by atoms with van der Waals surface area (Å²) in [5.74, 6) is 0. The van der Waals surface area contributed by atoms with Gasteiger partial charge in [0.15, 0.2) is 0 Å². The molecular formula is C15H15Br. The van der Waals surface area contributed by atoms with Crippen LogP contribution in [-0.2, 0) is 0 Å². The van der Waals surface area contributed by atoms with Crippen molar-refractivity contribution in [3.63, 3.8) is 0 Å². The highest BCUT2D eigenvalue weighted by Crippen LogP contribution is 2.17. The second-order valence-electron chi connectivity index (χ2n) is 3.18. The lowest BCUT2D eigenvalue weighted by Crippen LogP contribution is -1.73. The third-order valence-corrected chi connectivity index (χ3v) is 2.45. The average Bonchev–Trinajstić information content (AvgIpc) is 2.41. The van der Waals surface area contributed by atoms with Crippen molar-refractivity contribution in [2.75, 3.05) is 5.33 Å². The van der Waals surface area contributed by atoms with Crippen LogP contribution in [0, 0.1) is 0 Å². The first-order valence-corrected chi connectivity index (χ1v) is 6.28. The molecular weight excluding hydrogens is 260 g/mol. The van der Waals surface area contributed by atoms with Gasteiger partial charge >= 0.3 is 0 Å². The summed E-state index contributed by atoms with van der Waals surface area (Å²) in [7, 11) is 0. The molecule has 0 saturated carbocycles. The van der Waals surface area contributed by atoms with E-state index in [1.165, 1.54) is 11.1 Å². The molecule has 0 saturated heterocycles. The van der Waals surface area contributed by atoms with E-state index in [1.54, 1.807) is 6.08 Å². The third-order valence-electron chi connectivity index (χ3n) is 1.99. The summed E-state index contributed by atoms with van der Waals surface area (Å²) in [6.45, 7) is 3.43. The van der Waals surface area contributed by atoms with Crippen LogP contribution in [0.3, 0.4) is 0 Å². The molecule has 2 aromatic carbocycles.